The van der Waals surface area contributed by atoms with Gasteiger partial charge in [0.05, 0.1) is 12.5 Å². The molecule has 0 radical (unpaired) electrons. The second-order valence-electron chi connectivity index (χ2n) is 5.48. The molecule has 1 heterocycles. The van der Waals surface area contributed by atoms with Gasteiger partial charge in [0, 0.05) is 18.8 Å². The number of halogens is 1. The number of carbonyl (C=O) groups is 1. The van der Waals surface area contributed by atoms with E-state index in [1.807, 2.05) is 6.07 Å². The third-order valence-corrected chi connectivity index (χ3v) is 4.04. The van der Waals surface area contributed by atoms with Gasteiger partial charge < -0.3 is 10.1 Å². The number of ether oxygens (including phenoxy) is 1. The van der Waals surface area contributed by atoms with Gasteiger partial charge in [-0.1, -0.05) is 12.1 Å². The van der Waals surface area contributed by atoms with Crippen LogP contribution in [0.15, 0.2) is 42.6 Å². The Bertz CT molecular complexity index is 681. The minimum Gasteiger partial charge on any atom is -0.481 e. The topological polar surface area (TPSA) is 51.2 Å². The van der Waals surface area contributed by atoms with Gasteiger partial charge in [-0.05, 0) is 42.2 Å². The maximum Gasteiger partial charge on any atom is 0.230 e. The molecule has 1 aliphatic carbocycles. The fraction of sp³-hybridized carbons (Fsp3) is 0.294. The molecular weight excluding hydrogens is 283 g/mol. The lowest BCUT2D eigenvalue weighted by Gasteiger charge is -2.16. The molecule has 0 atom stereocenters. The number of rotatable bonds is 5. The average molecular weight is 300 g/mol. The predicted octanol–water partition coefficient (Wildman–Crippen LogP) is 2.58. The number of amides is 1. The number of benzene rings is 1. The Hall–Kier alpha value is -2.43. The highest BCUT2D eigenvalue weighted by Gasteiger charge is 2.51. The van der Waals surface area contributed by atoms with Gasteiger partial charge in [0.25, 0.3) is 0 Å². The molecule has 0 spiro atoms. The molecule has 1 N–H and O–H groups in total. The molecule has 5 heteroatoms. The summed E-state index contributed by atoms with van der Waals surface area (Å²) in [5.74, 6) is 0.213. The summed E-state index contributed by atoms with van der Waals surface area (Å²) in [5, 5.41) is 2.95. The molecule has 114 valence electrons. The van der Waals surface area contributed by atoms with Crippen molar-refractivity contribution in [2.75, 3.05) is 7.11 Å². The Morgan fingerprint density at radius 3 is 2.68 bits per heavy atom. The molecular formula is C17H17FN2O2. The first-order valence-corrected chi connectivity index (χ1v) is 7.17. The van der Waals surface area contributed by atoms with E-state index in [1.54, 1.807) is 31.5 Å². The molecule has 2 aromatic rings. The van der Waals surface area contributed by atoms with E-state index in [1.165, 1.54) is 12.1 Å². The Morgan fingerprint density at radius 2 is 2.05 bits per heavy atom. The summed E-state index contributed by atoms with van der Waals surface area (Å²) in [6, 6.07) is 9.81. The van der Waals surface area contributed by atoms with Crippen LogP contribution < -0.4 is 10.1 Å². The number of pyridine rings is 1. The molecule has 1 amide bonds. The molecule has 22 heavy (non-hydrogen) atoms. The maximum atomic E-state index is 13.0. The first-order valence-electron chi connectivity index (χ1n) is 7.17. The monoisotopic (exact) mass is 300 g/mol. The third-order valence-electron chi connectivity index (χ3n) is 4.04. The van der Waals surface area contributed by atoms with E-state index in [-0.39, 0.29) is 11.7 Å². The van der Waals surface area contributed by atoms with Crippen molar-refractivity contribution in [2.45, 2.75) is 24.8 Å². The lowest BCUT2D eigenvalue weighted by molar-refractivity contribution is -0.123. The summed E-state index contributed by atoms with van der Waals surface area (Å²) < 4.78 is 18.1. The normalized spacial score (nSPS) is 15.2. The number of nitrogens with one attached hydrogen (secondary N) is 1. The second-order valence-corrected chi connectivity index (χ2v) is 5.48. The summed E-state index contributed by atoms with van der Waals surface area (Å²) in [7, 11) is 1.55. The summed E-state index contributed by atoms with van der Waals surface area (Å²) >= 11 is 0. The third kappa shape index (κ3) is 2.79. The molecule has 1 saturated carbocycles. The van der Waals surface area contributed by atoms with E-state index in [9.17, 15) is 9.18 Å². The van der Waals surface area contributed by atoms with Crippen molar-refractivity contribution in [2.24, 2.45) is 0 Å². The van der Waals surface area contributed by atoms with Gasteiger partial charge in [0.2, 0.25) is 11.8 Å². The van der Waals surface area contributed by atoms with Crippen molar-refractivity contribution in [1.29, 1.82) is 0 Å². The van der Waals surface area contributed by atoms with Gasteiger partial charge in [-0.25, -0.2) is 9.37 Å². The second kappa shape index (κ2) is 5.75. The highest BCUT2D eigenvalue weighted by atomic mass is 19.1. The minimum atomic E-state index is -0.495. The fourth-order valence-corrected chi connectivity index (χ4v) is 2.56. The van der Waals surface area contributed by atoms with Gasteiger partial charge in [-0.15, -0.1) is 0 Å². The Morgan fingerprint density at radius 1 is 1.32 bits per heavy atom. The number of hydrogen-bond acceptors (Lipinski definition) is 3. The van der Waals surface area contributed by atoms with Gasteiger partial charge in [-0.3, -0.25) is 4.79 Å². The van der Waals surface area contributed by atoms with Crippen LogP contribution in [0, 0.1) is 5.82 Å². The lowest BCUT2D eigenvalue weighted by Crippen LogP contribution is -2.34. The molecule has 1 aromatic carbocycles. The van der Waals surface area contributed by atoms with Gasteiger partial charge in [-0.2, -0.15) is 0 Å². The number of carbonyl (C=O) groups excluding carboxylic acids is 1. The van der Waals surface area contributed by atoms with Crippen LogP contribution in [0.25, 0.3) is 0 Å². The van der Waals surface area contributed by atoms with Crippen LogP contribution in [-0.4, -0.2) is 18.0 Å². The van der Waals surface area contributed by atoms with Gasteiger partial charge in [0.1, 0.15) is 5.82 Å². The van der Waals surface area contributed by atoms with Gasteiger partial charge in [0.15, 0.2) is 0 Å². The molecule has 3 rings (SSSR count). The minimum absolute atomic E-state index is 0.0186. The van der Waals surface area contributed by atoms with E-state index >= 15 is 0 Å². The first kappa shape index (κ1) is 14.5. The quantitative estimate of drug-likeness (QED) is 0.923. The van der Waals surface area contributed by atoms with Gasteiger partial charge >= 0.3 is 0 Å². The molecule has 0 bridgehead atoms. The zero-order valence-electron chi connectivity index (χ0n) is 12.3. The maximum absolute atomic E-state index is 13.0. The number of hydrogen-bond donors (Lipinski definition) is 1. The fourth-order valence-electron chi connectivity index (χ4n) is 2.56. The van der Waals surface area contributed by atoms with E-state index in [4.69, 9.17) is 4.74 Å². The highest BCUT2D eigenvalue weighted by Crippen LogP contribution is 2.48. The van der Waals surface area contributed by atoms with Crippen molar-refractivity contribution in [3.05, 3.63) is 59.5 Å². The largest absolute Gasteiger partial charge is 0.481 e. The molecule has 0 saturated heterocycles. The standard InChI is InChI=1S/C17H17FN2O2/c1-22-15-10-12(6-9-19-15)11-20-16(21)17(7-8-17)13-2-4-14(18)5-3-13/h2-6,9-10H,7-8,11H2,1H3,(H,20,21). The predicted molar refractivity (Wildman–Crippen MR) is 79.9 cm³/mol. The van der Waals surface area contributed by atoms with Crippen LogP contribution >= 0.6 is 0 Å². The Labute approximate surface area is 128 Å². The molecule has 0 unspecified atom stereocenters. The van der Waals surface area contributed by atoms with Crippen LogP contribution in [0.4, 0.5) is 4.39 Å². The summed E-state index contributed by atoms with van der Waals surface area (Å²) in [6.45, 7) is 0.417. The van der Waals surface area contributed by atoms with Crippen LogP contribution in [0.5, 0.6) is 5.88 Å². The van der Waals surface area contributed by atoms with Crippen LogP contribution in [-0.2, 0) is 16.8 Å². The zero-order chi connectivity index (χ0) is 15.6. The number of methoxy groups -OCH3 is 1. The van der Waals surface area contributed by atoms with E-state index in [0.717, 1.165) is 24.0 Å². The molecule has 4 nitrogen and oxygen atoms in total. The highest BCUT2D eigenvalue weighted by molar-refractivity contribution is 5.91. The van der Waals surface area contributed by atoms with Crippen LogP contribution in [0.1, 0.15) is 24.0 Å². The number of aromatic nitrogens is 1. The van der Waals surface area contributed by atoms with Crippen LogP contribution in [0.3, 0.4) is 0 Å². The van der Waals surface area contributed by atoms with E-state index in [2.05, 4.69) is 10.3 Å². The smallest absolute Gasteiger partial charge is 0.230 e. The summed E-state index contributed by atoms with van der Waals surface area (Å²) in [5.41, 5.74) is 1.30. The Kier molecular flexibility index (Phi) is 3.79. The van der Waals surface area contributed by atoms with Crippen molar-refractivity contribution in [3.63, 3.8) is 0 Å². The lowest BCUT2D eigenvalue weighted by atomic mass is 9.95. The summed E-state index contributed by atoms with van der Waals surface area (Å²) in [4.78, 5) is 16.5. The van der Waals surface area contributed by atoms with Crippen molar-refractivity contribution in [1.82, 2.24) is 10.3 Å². The van der Waals surface area contributed by atoms with E-state index in [0.29, 0.717) is 12.4 Å². The molecule has 1 aromatic heterocycles. The van der Waals surface area contributed by atoms with Crippen molar-refractivity contribution < 1.29 is 13.9 Å². The molecule has 1 fully saturated rings. The molecule has 0 aliphatic heterocycles. The summed E-state index contributed by atoms with van der Waals surface area (Å²) in [6.07, 6.45) is 3.24. The SMILES string of the molecule is COc1cc(CNC(=O)C2(c3ccc(F)cc3)CC2)ccn1. The van der Waals surface area contributed by atoms with E-state index < -0.39 is 5.41 Å². The zero-order valence-corrected chi connectivity index (χ0v) is 12.3. The van der Waals surface area contributed by atoms with Crippen molar-refractivity contribution >= 4 is 5.91 Å². The average Bonchev–Trinajstić information content (AvgIpc) is 3.35. The van der Waals surface area contributed by atoms with Crippen LogP contribution in [0.2, 0.25) is 0 Å². The Balaban J connectivity index is 1.68. The molecule has 1 aliphatic rings. The first-order chi connectivity index (χ1) is 10.6. The van der Waals surface area contributed by atoms with Crippen molar-refractivity contribution in [3.8, 4) is 5.88 Å². The number of nitrogens with zero attached hydrogens (tertiary/aromatic N) is 1.